The Bertz CT molecular complexity index is 829. The third-order valence-corrected chi connectivity index (χ3v) is 4.68. The van der Waals surface area contributed by atoms with Gasteiger partial charge in [-0.1, -0.05) is 44.2 Å². The van der Waals surface area contributed by atoms with Crippen molar-refractivity contribution in [2.75, 3.05) is 0 Å². The molecule has 0 aliphatic carbocycles. The lowest BCUT2D eigenvalue weighted by Gasteiger charge is -2.24. The molecule has 176 valence electrons. The molecule has 0 aliphatic rings. The molecule has 3 amide bonds. The number of nitrogens with two attached hydrogens (primary N) is 1. The van der Waals surface area contributed by atoms with E-state index in [1.54, 1.807) is 44.2 Å². The summed E-state index contributed by atoms with van der Waals surface area (Å²) in [4.78, 5) is 60.0. The molecule has 0 aliphatic heterocycles. The Morgan fingerprint density at radius 2 is 1.38 bits per heavy atom. The standard InChI is InChI=1S/C21H30N4O7/c1-11(2)17(22)20(30)25-15(10-16(26)27)19(29)24-14(9-13-7-5-4-6-8-13)18(28)23-12(3)21(31)32/h4-8,11-12,14-15,17H,9-10,22H2,1-3H3,(H,23,28)(H,24,29)(H,25,30)(H,26,27)(H,31,32). The summed E-state index contributed by atoms with van der Waals surface area (Å²) >= 11 is 0. The van der Waals surface area contributed by atoms with E-state index in [-0.39, 0.29) is 12.3 Å². The Balaban J connectivity index is 3.06. The van der Waals surface area contributed by atoms with E-state index in [2.05, 4.69) is 16.0 Å². The zero-order chi connectivity index (χ0) is 24.4. The monoisotopic (exact) mass is 450 g/mol. The summed E-state index contributed by atoms with van der Waals surface area (Å²) in [5, 5.41) is 25.2. The number of hydrogen-bond donors (Lipinski definition) is 6. The summed E-state index contributed by atoms with van der Waals surface area (Å²) in [6.07, 6.45) is -0.711. The number of hydrogen-bond acceptors (Lipinski definition) is 6. The molecular weight excluding hydrogens is 420 g/mol. The molecule has 0 heterocycles. The van der Waals surface area contributed by atoms with Crippen molar-refractivity contribution in [1.29, 1.82) is 0 Å². The number of rotatable bonds is 12. The van der Waals surface area contributed by atoms with E-state index in [0.717, 1.165) is 0 Å². The minimum absolute atomic E-state index is 0.0179. The fourth-order valence-corrected chi connectivity index (χ4v) is 2.66. The molecule has 32 heavy (non-hydrogen) atoms. The first kappa shape index (κ1) is 26.6. The van der Waals surface area contributed by atoms with E-state index < -0.39 is 60.2 Å². The quantitative estimate of drug-likeness (QED) is 0.240. The lowest BCUT2D eigenvalue weighted by atomic mass is 10.0. The predicted molar refractivity (Wildman–Crippen MR) is 114 cm³/mol. The predicted octanol–water partition coefficient (Wildman–Crippen LogP) is -0.754. The van der Waals surface area contributed by atoms with E-state index in [1.807, 2.05) is 0 Å². The largest absolute Gasteiger partial charge is 0.481 e. The highest BCUT2D eigenvalue weighted by Crippen LogP contribution is 2.06. The van der Waals surface area contributed by atoms with Crippen molar-refractivity contribution in [2.24, 2.45) is 11.7 Å². The van der Waals surface area contributed by atoms with Crippen LogP contribution < -0.4 is 21.7 Å². The van der Waals surface area contributed by atoms with Crippen LogP contribution in [0.15, 0.2) is 30.3 Å². The van der Waals surface area contributed by atoms with Gasteiger partial charge in [-0.25, -0.2) is 0 Å². The van der Waals surface area contributed by atoms with Crippen molar-refractivity contribution in [3.05, 3.63) is 35.9 Å². The molecule has 0 saturated heterocycles. The second kappa shape index (κ2) is 12.4. The van der Waals surface area contributed by atoms with Crippen molar-refractivity contribution in [2.45, 2.75) is 57.8 Å². The van der Waals surface area contributed by atoms with Crippen LogP contribution in [0.2, 0.25) is 0 Å². The summed E-state index contributed by atoms with van der Waals surface area (Å²) < 4.78 is 0. The Morgan fingerprint density at radius 1 is 0.844 bits per heavy atom. The van der Waals surface area contributed by atoms with Crippen molar-refractivity contribution >= 4 is 29.7 Å². The van der Waals surface area contributed by atoms with Crippen LogP contribution in [0, 0.1) is 5.92 Å². The summed E-state index contributed by atoms with van der Waals surface area (Å²) in [6.45, 7) is 4.66. The molecular formula is C21H30N4O7. The Morgan fingerprint density at radius 3 is 1.88 bits per heavy atom. The fourth-order valence-electron chi connectivity index (χ4n) is 2.66. The van der Waals surface area contributed by atoms with Gasteiger partial charge in [0.2, 0.25) is 17.7 Å². The summed E-state index contributed by atoms with van der Waals surface area (Å²) in [5.74, 6) is -5.23. The lowest BCUT2D eigenvalue weighted by Crippen LogP contribution is -2.58. The van der Waals surface area contributed by atoms with Gasteiger partial charge in [0.05, 0.1) is 12.5 Å². The van der Waals surface area contributed by atoms with Crippen LogP contribution >= 0.6 is 0 Å². The Hall–Kier alpha value is -3.47. The van der Waals surface area contributed by atoms with Gasteiger partial charge >= 0.3 is 11.9 Å². The number of carboxylic acids is 2. The van der Waals surface area contributed by atoms with Crippen LogP contribution in [-0.4, -0.2) is 64.0 Å². The average molecular weight is 450 g/mol. The number of carboxylic acid groups (broad SMARTS) is 2. The summed E-state index contributed by atoms with van der Waals surface area (Å²) in [6, 6.07) is 3.79. The fraction of sp³-hybridized carbons (Fsp3) is 0.476. The zero-order valence-corrected chi connectivity index (χ0v) is 18.2. The number of benzene rings is 1. The normalized spacial score (nSPS) is 14.5. The average Bonchev–Trinajstić information content (AvgIpc) is 2.72. The third-order valence-electron chi connectivity index (χ3n) is 4.68. The molecule has 4 unspecified atom stereocenters. The molecule has 4 atom stereocenters. The summed E-state index contributed by atoms with van der Waals surface area (Å²) in [7, 11) is 0. The Labute approximate surface area is 185 Å². The first-order chi connectivity index (χ1) is 14.9. The van der Waals surface area contributed by atoms with Gasteiger partial charge in [-0.05, 0) is 18.4 Å². The zero-order valence-electron chi connectivity index (χ0n) is 18.2. The van der Waals surface area contributed by atoms with Crippen molar-refractivity contribution in [1.82, 2.24) is 16.0 Å². The highest BCUT2D eigenvalue weighted by atomic mass is 16.4. The highest BCUT2D eigenvalue weighted by Gasteiger charge is 2.31. The van der Waals surface area contributed by atoms with Gasteiger partial charge in [0.1, 0.15) is 18.1 Å². The molecule has 0 spiro atoms. The molecule has 1 aromatic carbocycles. The molecule has 0 saturated carbocycles. The van der Waals surface area contributed by atoms with E-state index >= 15 is 0 Å². The third kappa shape index (κ3) is 8.72. The van der Waals surface area contributed by atoms with E-state index in [1.165, 1.54) is 6.92 Å². The van der Waals surface area contributed by atoms with Gasteiger partial charge in [-0.2, -0.15) is 0 Å². The first-order valence-corrected chi connectivity index (χ1v) is 10.1. The van der Waals surface area contributed by atoms with Crippen LogP contribution in [0.5, 0.6) is 0 Å². The molecule has 11 nitrogen and oxygen atoms in total. The van der Waals surface area contributed by atoms with Crippen molar-refractivity contribution < 1.29 is 34.2 Å². The number of aliphatic carboxylic acids is 2. The van der Waals surface area contributed by atoms with Gasteiger partial charge < -0.3 is 31.9 Å². The smallest absolute Gasteiger partial charge is 0.325 e. The maximum absolute atomic E-state index is 12.8. The number of nitrogens with one attached hydrogen (secondary N) is 3. The Kier molecular flexibility index (Phi) is 10.3. The second-order valence-electron chi connectivity index (χ2n) is 7.75. The highest BCUT2D eigenvalue weighted by molar-refractivity contribution is 5.95. The van der Waals surface area contributed by atoms with E-state index in [9.17, 15) is 24.0 Å². The van der Waals surface area contributed by atoms with Crippen LogP contribution in [0.1, 0.15) is 32.8 Å². The number of amides is 3. The second-order valence-corrected chi connectivity index (χ2v) is 7.75. The molecule has 11 heteroatoms. The topological polar surface area (TPSA) is 188 Å². The summed E-state index contributed by atoms with van der Waals surface area (Å²) in [5.41, 5.74) is 6.44. The van der Waals surface area contributed by atoms with Gasteiger partial charge in [0, 0.05) is 6.42 Å². The molecule has 1 aromatic rings. The van der Waals surface area contributed by atoms with Crippen LogP contribution in [-0.2, 0) is 30.4 Å². The molecule has 0 bridgehead atoms. The number of carbonyl (C=O) groups is 5. The van der Waals surface area contributed by atoms with Crippen molar-refractivity contribution in [3.8, 4) is 0 Å². The van der Waals surface area contributed by atoms with Crippen LogP contribution in [0.4, 0.5) is 0 Å². The van der Waals surface area contributed by atoms with E-state index in [4.69, 9.17) is 15.9 Å². The molecule has 0 radical (unpaired) electrons. The van der Waals surface area contributed by atoms with Gasteiger partial charge in [-0.15, -0.1) is 0 Å². The van der Waals surface area contributed by atoms with Gasteiger partial charge in [0.15, 0.2) is 0 Å². The molecule has 0 fully saturated rings. The first-order valence-electron chi connectivity index (χ1n) is 10.1. The van der Waals surface area contributed by atoms with Gasteiger partial charge in [-0.3, -0.25) is 24.0 Å². The van der Waals surface area contributed by atoms with Crippen molar-refractivity contribution in [3.63, 3.8) is 0 Å². The van der Waals surface area contributed by atoms with Gasteiger partial charge in [0.25, 0.3) is 0 Å². The minimum Gasteiger partial charge on any atom is -0.481 e. The molecule has 1 rings (SSSR count). The number of carbonyl (C=O) groups excluding carboxylic acids is 3. The maximum atomic E-state index is 12.8. The SMILES string of the molecule is CC(NC(=O)C(Cc1ccccc1)NC(=O)C(CC(=O)O)NC(=O)C(N)C(C)C)C(=O)O. The lowest BCUT2D eigenvalue weighted by molar-refractivity contribution is -0.143. The van der Waals surface area contributed by atoms with Crippen LogP contribution in [0.25, 0.3) is 0 Å². The minimum atomic E-state index is -1.48. The molecule has 0 aromatic heterocycles. The maximum Gasteiger partial charge on any atom is 0.325 e. The molecule has 7 N–H and O–H groups in total. The van der Waals surface area contributed by atoms with Crippen LogP contribution in [0.3, 0.4) is 0 Å². The van der Waals surface area contributed by atoms with E-state index in [0.29, 0.717) is 5.56 Å².